The molecule has 1 rings (SSSR count). The van der Waals surface area contributed by atoms with Crippen molar-refractivity contribution in [3.63, 3.8) is 0 Å². The molecule has 0 bridgehead atoms. The van der Waals surface area contributed by atoms with E-state index in [0.717, 1.165) is 25.7 Å². The van der Waals surface area contributed by atoms with E-state index in [0.29, 0.717) is 6.54 Å². The molecule has 0 aromatic heterocycles. The van der Waals surface area contributed by atoms with Gasteiger partial charge in [0.15, 0.2) is 0 Å². The summed E-state index contributed by atoms with van der Waals surface area (Å²) in [7, 11) is 1.47. The Morgan fingerprint density at radius 1 is 1.29 bits per heavy atom. The van der Waals surface area contributed by atoms with Crippen LogP contribution in [0.15, 0.2) is 0 Å². The first kappa shape index (κ1) is 11.8. The Hall–Kier alpha value is -0.290. The Kier molecular flexibility index (Phi) is 3.42. The monoisotopic (exact) mass is 210 g/mol. The van der Waals surface area contributed by atoms with Crippen LogP contribution < -0.4 is 5.73 Å². The van der Waals surface area contributed by atoms with Crippen LogP contribution in [0, 0.1) is 0 Å². The molecule has 0 spiro atoms. The SMILES string of the molecule is CN(CC(F)(F)F)CC1(N)CCCC1. The molecule has 0 saturated heterocycles. The molecule has 0 unspecified atom stereocenters. The van der Waals surface area contributed by atoms with Crippen molar-refractivity contribution in [1.82, 2.24) is 4.90 Å². The second-order valence-electron chi connectivity index (χ2n) is 4.36. The van der Waals surface area contributed by atoms with Crippen LogP contribution in [0.1, 0.15) is 25.7 Å². The summed E-state index contributed by atoms with van der Waals surface area (Å²) in [6, 6.07) is 0. The molecule has 1 aliphatic carbocycles. The number of hydrogen-bond donors (Lipinski definition) is 1. The van der Waals surface area contributed by atoms with E-state index in [1.807, 2.05) is 0 Å². The maximum atomic E-state index is 12.0. The topological polar surface area (TPSA) is 29.3 Å². The third-order valence-corrected chi connectivity index (χ3v) is 2.63. The molecule has 2 N–H and O–H groups in total. The maximum Gasteiger partial charge on any atom is 0.401 e. The van der Waals surface area contributed by atoms with E-state index in [4.69, 9.17) is 5.73 Å². The predicted molar refractivity (Wildman–Crippen MR) is 48.9 cm³/mol. The molecule has 0 aromatic rings. The molecule has 1 aliphatic rings. The van der Waals surface area contributed by atoms with Crippen LogP contribution in [-0.4, -0.2) is 36.8 Å². The first-order valence-electron chi connectivity index (χ1n) is 4.85. The number of nitrogens with two attached hydrogens (primary N) is 1. The second-order valence-corrected chi connectivity index (χ2v) is 4.36. The Morgan fingerprint density at radius 3 is 2.21 bits per heavy atom. The molecule has 1 saturated carbocycles. The fourth-order valence-corrected chi connectivity index (χ4v) is 2.14. The molecule has 0 heterocycles. The van der Waals surface area contributed by atoms with Gasteiger partial charge in [-0.1, -0.05) is 12.8 Å². The van der Waals surface area contributed by atoms with Crippen molar-refractivity contribution in [2.45, 2.75) is 37.4 Å². The van der Waals surface area contributed by atoms with Crippen molar-refractivity contribution < 1.29 is 13.2 Å². The molecule has 0 aliphatic heterocycles. The standard InChI is InChI=1S/C9H17F3N2/c1-14(7-9(10,11)12)6-8(13)4-2-3-5-8/h2-7,13H2,1H3. The van der Waals surface area contributed by atoms with Gasteiger partial charge in [-0.25, -0.2) is 0 Å². The Bertz CT molecular complexity index is 185. The molecular formula is C9H17F3N2. The number of likely N-dealkylation sites (N-methyl/N-ethyl adjacent to an activating group) is 1. The van der Waals surface area contributed by atoms with Crippen molar-refractivity contribution in [1.29, 1.82) is 0 Å². The van der Waals surface area contributed by atoms with Gasteiger partial charge in [-0.3, -0.25) is 4.90 Å². The zero-order valence-corrected chi connectivity index (χ0v) is 8.40. The highest BCUT2D eigenvalue weighted by Gasteiger charge is 2.34. The molecule has 84 valence electrons. The Morgan fingerprint density at radius 2 is 1.79 bits per heavy atom. The number of hydrogen-bond acceptors (Lipinski definition) is 2. The van der Waals surface area contributed by atoms with Crippen LogP contribution in [0.5, 0.6) is 0 Å². The normalized spacial score (nSPS) is 21.9. The summed E-state index contributed by atoms with van der Waals surface area (Å²) in [6.45, 7) is -0.529. The highest BCUT2D eigenvalue weighted by molar-refractivity contribution is 4.91. The van der Waals surface area contributed by atoms with Crippen LogP contribution in [0.25, 0.3) is 0 Å². The molecule has 5 heteroatoms. The molecule has 0 radical (unpaired) electrons. The van der Waals surface area contributed by atoms with E-state index in [-0.39, 0.29) is 5.54 Å². The van der Waals surface area contributed by atoms with Crippen molar-refractivity contribution in [3.05, 3.63) is 0 Å². The van der Waals surface area contributed by atoms with Gasteiger partial charge in [0.05, 0.1) is 6.54 Å². The molecule has 2 nitrogen and oxygen atoms in total. The minimum atomic E-state index is -4.12. The van der Waals surface area contributed by atoms with Crippen molar-refractivity contribution in [2.75, 3.05) is 20.1 Å². The summed E-state index contributed by atoms with van der Waals surface area (Å²) in [6.07, 6.45) is -0.360. The van der Waals surface area contributed by atoms with E-state index < -0.39 is 12.7 Å². The number of rotatable bonds is 3. The van der Waals surface area contributed by atoms with E-state index in [1.54, 1.807) is 0 Å². The fourth-order valence-electron chi connectivity index (χ4n) is 2.14. The average molecular weight is 210 g/mol. The Labute approximate surface area is 82.2 Å². The molecular weight excluding hydrogens is 193 g/mol. The van der Waals surface area contributed by atoms with Gasteiger partial charge < -0.3 is 5.73 Å². The Balaban J connectivity index is 2.36. The van der Waals surface area contributed by atoms with E-state index in [2.05, 4.69) is 0 Å². The van der Waals surface area contributed by atoms with Gasteiger partial charge in [0.2, 0.25) is 0 Å². The zero-order chi connectivity index (χ0) is 10.8. The van der Waals surface area contributed by atoms with E-state index in [1.165, 1.54) is 11.9 Å². The van der Waals surface area contributed by atoms with Gasteiger partial charge in [-0.2, -0.15) is 13.2 Å². The number of alkyl halides is 3. The van der Waals surface area contributed by atoms with Crippen LogP contribution in [0.3, 0.4) is 0 Å². The molecule has 0 amide bonds. The van der Waals surface area contributed by atoms with Crippen LogP contribution in [0.2, 0.25) is 0 Å². The lowest BCUT2D eigenvalue weighted by molar-refractivity contribution is -0.144. The number of nitrogens with zero attached hydrogens (tertiary/aromatic N) is 1. The van der Waals surface area contributed by atoms with Crippen molar-refractivity contribution >= 4 is 0 Å². The lowest BCUT2D eigenvalue weighted by Crippen LogP contribution is -2.48. The van der Waals surface area contributed by atoms with Crippen molar-refractivity contribution in [2.24, 2.45) is 5.73 Å². The molecule has 0 aromatic carbocycles. The van der Waals surface area contributed by atoms with Crippen LogP contribution in [-0.2, 0) is 0 Å². The summed E-state index contributed by atoms with van der Waals surface area (Å²) in [4.78, 5) is 1.27. The minimum Gasteiger partial charge on any atom is -0.324 e. The first-order chi connectivity index (χ1) is 6.31. The van der Waals surface area contributed by atoms with Gasteiger partial charge >= 0.3 is 6.18 Å². The van der Waals surface area contributed by atoms with E-state index in [9.17, 15) is 13.2 Å². The zero-order valence-electron chi connectivity index (χ0n) is 8.40. The fraction of sp³-hybridized carbons (Fsp3) is 1.00. The van der Waals surface area contributed by atoms with E-state index >= 15 is 0 Å². The van der Waals surface area contributed by atoms with Gasteiger partial charge in [0, 0.05) is 12.1 Å². The number of halogens is 3. The summed E-state index contributed by atoms with van der Waals surface area (Å²) in [5.74, 6) is 0. The van der Waals surface area contributed by atoms with Gasteiger partial charge in [0.1, 0.15) is 0 Å². The predicted octanol–water partition coefficient (Wildman–Crippen LogP) is 1.75. The summed E-state index contributed by atoms with van der Waals surface area (Å²) >= 11 is 0. The quantitative estimate of drug-likeness (QED) is 0.769. The van der Waals surface area contributed by atoms with Crippen molar-refractivity contribution in [3.8, 4) is 0 Å². The lowest BCUT2D eigenvalue weighted by Gasteiger charge is -2.30. The summed E-state index contributed by atoms with van der Waals surface area (Å²) in [5.41, 5.74) is 5.58. The maximum absolute atomic E-state index is 12.0. The highest BCUT2D eigenvalue weighted by atomic mass is 19.4. The third kappa shape index (κ3) is 3.84. The smallest absolute Gasteiger partial charge is 0.324 e. The first-order valence-corrected chi connectivity index (χ1v) is 4.85. The van der Waals surface area contributed by atoms with Gasteiger partial charge in [-0.05, 0) is 19.9 Å². The highest BCUT2D eigenvalue weighted by Crippen LogP contribution is 2.28. The van der Waals surface area contributed by atoms with Gasteiger partial charge in [0.25, 0.3) is 0 Å². The summed E-state index contributed by atoms with van der Waals surface area (Å²) in [5, 5.41) is 0. The molecule has 1 fully saturated rings. The molecule has 0 atom stereocenters. The average Bonchev–Trinajstić information content (AvgIpc) is 2.30. The summed E-state index contributed by atoms with van der Waals surface area (Å²) < 4.78 is 36.1. The second kappa shape index (κ2) is 4.06. The third-order valence-electron chi connectivity index (χ3n) is 2.63. The van der Waals surface area contributed by atoms with Crippen LogP contribution in [0.4, 0.5) is 13.2 Å². The van der Waals surface area contributed by atoms with Gasteiger partial charge in [-0.15, -0.1) is 0 Å². The molecule has 14 heavy (non-hydrogen) atoms. The lowest BCUT2D eigenvalue weighted by atomic mass is 9.99. The minimum absolute atomic E-state index is 0.340. The van der Waals surface area contributed by atoms with Crippen LogP contribution >= 0.6 is 0 Å². The largest absolute Gasteiger partial charge is 0.401 e.